The Morgan fingerprint density at radius 1 is 1.12 bits per heavy atom. The molecule has 0 radical (unpaired) electrons. The number of carbonyl (C=O) groups excluding carboxylic acids is 1. The van der Waals surface area contributed by atoms with E-state index in [2.05, 4.69) is 5.32 Å². The molecule has 1 amide bonds. The summed E-state index contributed by atoms with van der Waals surface area (Å²) in [6.07, 6.45) is 0. The van der Waals surface area contributed by atoms with E-state index in [0.29, 0.717) is 5.69 Å². The first-order valence-corrected chi connectivity index (χ1v) is 8.74. The summed E-state index contributed by atoms with van der Waals surface area (Å²) in [5, 5.41) is 2.73. The van der Waals surface area contributed by atoms with Crippen molar-refractivity contribution < 1.29 is 17.6 Å². The third kappa shape index (κ3) is 3.98. The number of benzene rings is 2. The fraction of sp³-hybridized carbons (Fsp3) is 0.235. The number of carbonyl (C=O) groups is 1. The minimum Gasteiger partial charge on any atom is -0.324 e. The summed E-state index contributed by atoms with van der Waals surface area (Å²) < 4.78 is 38.9. The number of hydrogen-bond donors (Lipinski definition) is 1. The molecule has 2 rings (SSSR count). The van der Waals surface area contributed by atoms with Crippen molar-refractivity contribution in [1.29, 1.82) is 0 Å². The van der Waals surface area contributed by atoms with E-state index in [1.165, 1.54) is 19.2 Å². The number of aryl methyl sites for hydroxylation is 2. The number of nitrogens with one attached hydrogen (secondary N) is 1. The summed E-state index contributed by atoms with van der Waals surface area (Å²) in [5.74, 6) is -1.11. The van der Waals surface area contributed by atoms with Gasteiger partial charge < -0.3 is 5.32 Å². The molecule has 0 bridgehead atoms. The van der Waals surface area contributed by atoms with E-state index < -0.39 is 21.7 Å². The lowest BCUT2D eigenvalue weighted by Gasteiger charge is -2.18. The Hall–Kier alpha value is -2.25. The molecule has 0 aliphatic heterocycles. The molecular formula is C17H19FN2O3S. The second-order valence-electron chi connectivity index (χ2n) is 5.53. The van der Waals surface area contributed by atoms with E-state index in [9.17, 15) is 17.6 Å². The molecule has 0 fully saturated rings. The number of amides is 1. The Kier molecular flexibility index (Phi) is 5.36. The number of rotatable bonds is 5. The number of anilines is 1. The highest BCUT2D eigenvalue weighted by Gasteiger charge is 2.23. The van der Waals surface area contributed by atoms with Crippen LogP contribution >= 0.6 is 0 Å². The molecule has 2 aromatic rings. The zero-order valence-electron chi connectivity index (χ0n) is 13.7. The van der Waals surface area contributed by atoms with Crippen LogP contribution in [0.25, 0.3) is 0 Å². The smallest absolute Gasteiger partial charge is 0.243 e. The Balaban J connectivity index is 2.14. The van der Waals surface area contributed by atoms with Crippen LogP contribution in [0.15, 0.2) is 47.4 Å². The molecule has 1 N–H and O–H groups in total. The first-order chi connectivity index (χ1) is 11.2. The molecule has 0 spiro atoms. The summed E-state index contributed by atoms with van der Waals surface area (Å²) in [6.45, 7) is 3.35. The summed E-state index contributed by atoms with van der Waals surface area (Å²) in [4.78, 5) is 12.0. The summed E-state index contributed by atoms with van der Waals surface area (Å²) in [7, 11) is -2.65. The molecule has 7 heteroatoms. The van der Waals surface area contributed by atoms with Crippen molar-refractivity contribution in [3.05, 3.63) is 59.4 Å². The fourth-order valence-corrected chi connectivity index (χ4v) is 3.44. The number of nitrogens with zero attached hydrogens (tertiary/aromatic N) is 1. The van der Waals surface area contributed by atoms with Gasteiger partial charge in [0.05, 0.1) is 11.4 Å². The normalized spacial score (nSPS) is 11.5. The highest BCUT2D eigenvalue weighted by molar-refractivity contribution is 7.89. The van der Waals surface area contributed by atoms with Crippen molar-refractivity contribution in [3.63, 3.8) is 0 Å². The van der Waals surface area contributed by atoms with E-state index in [4.69, 9.17) is 0 Å². The predicted octanol–water partition coefficient (Wildman–Crippen LogP) is 2.70. The second-order valence-corrected chi connectivity index (χ2v) is 7.58. The Bertz CT molecular complexity index is 846. The average molecular weight is 350 g/mol. The van der Waals surface area contributed by atoms with Crippen LogP contribution in [-0.2, 0) is 14.8 Å². The highest BCUT2D eigenvalue weighted by Crippen LogP contribution is 2.20. The molecule has 0 atom stereocenters. The standard InChI is InChI=1S/C17H19FN2O3S/c1-12-6-4-7-13(2)17(12)19-16(21)11-20(3)24(22,23)15-9-5-8-14(18)10-15/h4-10H,11H2,1-3H3,(H,19,21). The Labute approximate surface area is 141 Å². The lowest BCUT2D eigenvalue weighted by molar-refractivity contribution is -0.116. The maximum atomic E-state index is 13.2. The van der Waals surface area contributed by atoms with Crippen molar-refractivity contribution >= 4 is 21.6 Å². The van der Waals surface area contributed by atoms with Crippen molar-refractivity contribution in [2.24, 2.45) is 0 Å². The van der Waals surface area contributed by atoms with Gasteiger partial charge in [-0.05, 0) is 43.2 Å². The first-order valence-electron chi connectivity index (χ1n) is 7.30. The minimum atomic E-state index is -3.94. The van der Waals surface area contributed by atoms with E-state index in [1.54, 1.807) is 0 Å². The van der Waals surface area contributed by atoms with E-state index in [0.717, 1.165) is 27.6 Å². The summed E-state index contributed by atoms with van der Waals surface area (Å²) in [6, 6.07) is 10.3. The number of hydrogen-bond acceptors (Lipinski definition) is 3. The van der Waals surface area contributed by atoms with Gasteiger partial charge in [0, 0.05) is 12.7 Å². The molecule has 2 aromatic carbocycles. The molecule has 24 heavy (non-hydrogen) atoms. The zero-order valence-corrected chi connectivity index (χ0v) is 14.5. The van der Waals surface area contributed by atoms with E-state index >= 15 is 0 Å². The van der Waals surface area contributed by atoms with Gasteiger partial charge in [0.1, 0.15) is 5.82 Å². The van der Waals surface area contributed by atoms with Gasteiger partial charge in [0.2, 0.25) is 15.9 Å². The van der Waals surface area contributed by atoms with Crippen LogP contribution in [0.3, 0.4) is 0 Å². The SMILES string of the molecule is Cc1cccc(C)c1NC(=O)CN(C)S(=O)(=O)c1cccc(F)c1. The van der Waals surface area contributed by atoms with Crippen molar-refractivity contribution in [2.75, 3.05) is 18.9 Å². The highest BCUT2D eigenvalue weighted by atomic mass is 32.2. The molecule has 0 aliphatic rings. The van der Waals surface area contributed by atoms with Gasteiger partial charge in [-0.25, -0.2) is 12.8 Å². The molecule has 0 aromatic heterocycles. The maximum absolute atomic E-state index is 13.2. The average Bonchev–Trinajstić information content (AvgIpc) is 2.51. The number of sulfonamides is 1. The van der Waals surface area contributed by atoms with E-state index in [1.807, 2.05) is 32.0 Å². The topological polar surface area (TPSA) is 66.5 Å². The van der Waals surface area contributed by atoms with Crippen LogP contribution in [0.5, 0.6) is 0 Å². The third-order valence-corrected chi connectivity index (χ3v) is 5.42. The van der Waals surface area contributed by atoms with Gasteiger partial charge in [-0.15, -0.1) is 0 Å². The Morgan fingerprint density at radius 3 is 2.29 bits per heavy atom. The van der Waals surface area contributed by atoms with Crippen molar-refractivity contribution in [2.45, 2.75) is 18.7 Å². The lowest BCUT2D eigenvalue weighted by Crippen LogP contribution is -2.35. The zero-order chi connectivity index (χ0) is 17.9. The van der Waals surface area contributed by atoms with Crippen LogP contribution in [0.2, 0.25) is 0 Å². The van der Waals surface area contributed by atoms with Gasteiger partial charge in [-0.3, -0.25) is 4.79 Å². The molecule has 0 heterocycles. The molecule has 0 saturated heterocycles. The van der Waals surface area contributed by atoms with Crippen molar-refractivity contribution in [3.8, 4) is 0 Å². The fourth-order valence-electron chi connectivity index (χ4n) is 2.29. The number of halogens is 1. The lowest BCUT2D eigenvalue weighted by atomic mass is 10.1. The summed E-state index contributed by atoms with van der Waals surface area (Å²) >= 11 is 0. The molecule has 128 valence electrons. The van der Waals surface area contributed by atoms with E-state index in [-0.39, 0.29) is 11.4 Å². The van der Waals surface area contributed by atoms with Gasteiger partial charge in [-0.1, -0.05) is 24.3 Å². The quantitative estimate of drug-likeness (QED) is 0.902. The summed E-state index contributed by atoms with van der Waals surface area (Å²) in [5.41, 5.74) is 2.44. The van der Waals surface area contributed by atoms with Crippen LogP contribution in [0.1, 0.15) is 11.1 Å². The van der Waals surface area contributed by atoms with Gasteiger partial charge in [0.25, 0.3) is 0 Å². The van der Waals surface area contributed by atoms with Gasteiger partial charge in [0.15, 0.2) is 0 Å². The molecule has 0 aliphatic carbocycles. The third-order valence-electron chi connectivity index (χ3n) is 3.62. The maximum Gasteiger partial charge on any atom is 0.243 e. The molecular weight excluding hydrogens is 331 g/mol. The monoisotopic (exact) mass is 350 g/mol. The predicted molar refractivity (Wildman–Crippen MR) is 90.8 cm³/mol. The van der Waals surface area contributed by atoms with Gasteiger partial charge >= 0.3 is 0 Å². The van der Waals surface area contributed by atoms with Gasteiger partial charge in [-0.2, -0.15) is 4.31 Å². The van der Waals surface area contributed by atoms with Crippen molar-refractivity contribution in [1.82, 2.24) is 4.31 Å². The molecule has 5 nitrogen and oxygen atoms in total. The van der Waals surface area contributed by atoms with Crippen LogP contribution in [-0.4, -0.2) is 32.2 Å². The van der Waals surface area contributed by atoms with Crippen LogP contribution in [0.4, 0.5) is 10.1 Å². The first kappa shape index (κ1) is 18.1. The minimum absolute atomic E-state index is 0.190. The molecule has 0 unspecified atom stereocenters. The second kappa shape index (κ2) is 7.11. The molecule has 0 saturated carbocycles. The Morgan fingerprint density at radius 2 is 1.71 bits per heavy atom. The number of likely N-dealkylation sites (N-methyl/N-ethyl adjacent to an activating group) is 1. The number of para-hydroxylation sites is 1. The largest absolute Gasteiger partial charge is 0.324 e. The van der Waals surface area contributed by atoms with Crippen LogP contribution < -0.4 is 5.32 Å². The van der Waals surface area contributed by atoms with Crippen LogP contribution in [0, 0.1) is 19.7 Å².